The summed E-state index contributed by atoms with van der Waals surface area (Å²) >= 11 is 0. The number of hydrogen-bond acceptors (Lipinski definition) is 3. The third-order valence-electron chi connectivity index (χ3n) is 5.43. The Hall–Kier alpha value is -3.40. The van der Waals surface area contributed by atoms with Crippen molar-refractivity contribution >= 4 is 0 Å². The SMILES string of the molecule is COc1ccc(Cn2cc3c(c2-c2ccccc2)CCc2cncnc2-3)cc1. The third kappa shape index (κ3) is 2.87. The van der Waals surface area contributed by atoms with Gasteiger partial charge in [-0.2, -0.15) is 0 Å². The van der Waals surface area contributed by atoms with Crippen LogP contribution in [0.4, 0.5) is 0 Å². The second kappa shape index (κ2) is 6.97. The van der Waals surface area contributed by atoms with Crippen molar-refractivity contribution in [3.63, 3.8) is 0 Å². The maximum absolute atomic E-state index is 5.30. The first kappa shape index (κ1) is 16.8. The molecule has 1 aliphatic carbocycles. The molecule has 0 fully saturated rings. The maximum Gasteiger partial charge on any atom is 0.118 e. The van der Waals surface area contributed by atoms with E-state index in [2.05, 4.69) is 63.2 Å². The maximum atomic E-state index is 5.30. The highest BCUT2D eigenvalue weighted by Gasteiger charge is 2.24. The summed E-state index contributed by atoms with van der Waals surface area (Å²) in [7, 11) is 1.70. The van der Waals surface area contributed by atoms with Gasteiger partial charge in [0.2, 0.25) is 0 Å². The molecule has 0 radical (unpaired) electrons. The summed E-state index contributed by atoms with van der Waals surface area (Å²) in [6.07, 6.45) is 7.85. The number of hydrogen-bond donors (Lipinski definition) is 0. The van der Waals surface area contributed by atoms with Crippen LogP contribution < -0.4 is 4.74 Å². The molecule has 28 heavy (non-hydrogen) atoms. The Morgan fingerprint density at radius 3 is 2.61 bits per heavy atom. The van der Waals surface area contributed by atoms with Crippen molar-refractivity contribution < 1.29 is 4.74 Å². The zero-order valence-electron chi connectivity index (χ0n) is 15.8. The molecule has 4 aromatic rings. The molecule has 4 heteroatoms. The molecule has 4 nitrogen and oxygen atoms in total. The fourth-order valence-corrected chi connectivity index (χ4v) is 4.09. The van der Waals surface area contributed by atoms with Gasteiger partial charge in [0.05, 0.1) is 18.5 Å². The van der Waals surface area contributed by atoms with Gasteiger partial charge in [-0.05, 0) is 47.2 Å². The van der Waals surface area contributed by atoms with E-state index in [1.807, 2.05) is 18.3 Å². The van der Waals surface area contributed by atoms with E-state index < -0.39 is 0 Å². The Morgan fingerprint density at radius 2 is 1.82 bits per heavy atom. The zero-order chi connectivity index (χ0) is 18.9. The molecular weight excluding hydrogens is 346 g/mol. The molecule has 2 heterocycles. The van der Waals surface area contributed by atoms with Crippen molar-refractivity contribution in [3.8, 4) is 28.3 Å². The number of benzene rings is 2. The topological polar surface area (TPSA) is 39.9 Å². The van der Waals surface area contributed by atoms with Crippen LogP contribution in [0.25, 0.3) is 22.5 Å². The van der Waals surface area contributed by atoms with Crippen molar-refractivity contribution in [3.05, 3.63) is 90.0 Å². The fourth-order valence-electron chi connectivity index (χ4n) is 4.09. The molecule has 2 aromatic heterocycles. The number of nitrogens with zero attached hydrogens (tertiary/aromatic N) is 3. The Balaban J connectivity index is 1.65. The first-order chi connectivity index (χ1) is 13.8. The van der Waals surface area contributed by atoms with E-state index in [9.17, 15) is 0 Å². The van der Waals surface area contributed by atoms with Crippen LogP contribution in [0, 0.1) is 0 Å². The molecule has 1 aliphatic rings. The zero-order valence-corrected chi connectivity index (χ0v) is 15.8. The van der Waals surface area contributed by atoms with Gasteiger partial charge in [-0.15, -0.1) is 0 Å². The van der Waals surface area contributed by atoms with E-state index in [1.165, 1.54) is 33.5 Å². The highest BCUT2D eigenvalue weighted by Crippen LogP contribution is 2.39. The van der Waals surface area contributed by atoms with E-state index in [0.717, 1.165) is 30.8 Å². The van der Waals surface area contributed by atoms with E-state index in [-0.39, 0.29) is 0 Å². The van der Waals surface area contributed by atoms with E-state index in [0.29, 0.717) is 0 Å². The van der Waals surface area contributed by atoms with Crippen LogP contribution in [0.2, 0.25) is 0 Å². The Labute approximate surface area is 164 Å². The molecule has 0 bridgehead atoms. The summed E-state index contributed by atoms with van der Waals surface area (Å²) in [6, 6.07) is 18.9. The molecule has 0 saturated heterocycles. The summed E-state index contributed by atoms with van der Waals surface area (Å²) in [5.74, 6) is 0.879. The van der Waals surface area contributed by atoms with Gasteiger partial charge in [0.25, 0.3) is 0 Å². The second-order valence-corrected chi connectivity index (χ2v) is 7.11. The number of aromatic nitrogens is 3. The van der Waals surface area contributed by atoms with E-state index in [1.54, 1.807) is 13.4 Å². The smallest absolute Gasteiger partial charge is 0.118 e. The second-order valence-electron chi connectivity index (χ2n) is 7.11. The number of ether oxygens (including phenoxy) is 1. The summed E-state index contributed by atoms with van der Waals surface area (Å²) < 4.78 is 7.66. The Kier molecular flexibility index (Phi) is 4.17. The lowest BCUT2D eigenvalue weighted by Crippen LogP contribution is -2.05. The van der Waals surface area contributed by atoms with Crippen LogP contribution in [0.3, 0.4) is 0 Å². The minimum atomic E-state index is 0.807. The highest BCUT2D eigenvalue weighted by molar-refractivity contribution is 5.79. The largest absolute Gasteiger partial charge is 0.497 e. The lowest BCUT2D eigenvalue weighted by atomic mass is 9.90. The molecule has 5 rings (SSSR count). The lowest BCUT2D eigenvalue weighted by molar-refractivity contribution is 0.414. The Morgan fingerprint density at radius 1 is 1.00 bits per heavy atom. The van der Waals surface area contributed by atoms with Gasteiger partial charge in [0.15, 0.2) is 0 Å². The van der Waals surface area contributed by atoms with Gasteiger partial charge in [0.1, 0.15) is 12.1 Å². The molecule has 0 N–H and O–H groups in total. The van der Waals surface area contributed by atoms with Crippen LogP contribution in [0.1, 0.15) is 16.7 Å². The molecular formula is C24H21N3O. The van der Waals surface area contributed by atoms with Gasteiger partial charge in [-0.1, -0.05) is 42.5 Å². The molecule has 0 spiro atoms. The molecule has 0 saturated carbocycles. The molecule has 0 unspecified atom stereocenters. The van der Waals surface area contributed by atoms with E-state index >= 15 is 0 Å². The van der Waals surface area contributed by atoms with Crippen molar-refractivity contribution in [2.24, 2.45) is 0 Å². The number of methoxy groups -OCH3 is 1. The first-order valence-electron chi connectivity index (χ1n) is 9.53. The number of rotatable bonds is 4. The molecule has 138 valence electrons. The van der Waals surface area contributed by atoms with Gasteiger partial charge < -0.3 is 9.30 Å². The summed E-state index contributed by atoms with van der Waals surface area (Å²) in [6.45, 7) is 0.807. The molecule has 2 aromatic carbocycles. The summed E-state index contributed by atoms with van der Waals surface area (Å²) in [5, 5.41) is 0. The Bertz CT molecular complexity index is 1110. The van der Waals surface area contributed by atoms with Gasteiger partial charge in [0, 0.05) is 24.5 Å². The predicted molar refractivity (Wildman–Crippen MR) is 110 cm³/mol. The molecule has 0 aliphatic heterocycles. The van der Waals surface area contributed by atoms with Crippen molar-refractivity contribution in [1.82, 2.24) is 14.5 Å². The minimum Gasteiger partial charge on any atom is -0.497 e. The van der Waals surface area contributed by atoms with Crippen molar-refractivity contribution in [2.45, 2.75) is 19.4 Å². The monoisotopic (exact) mass is 367 g/mol. The van der Waals surface area contributed by atoms with Crippen LogP contribution in [0.5, 0.6) is 5.75 Å². The average Bonchev–Trinajstić information content (AvgIpc) is 3.13. The summed E-state index contributed by atoms with van der Waals surface area (Å²) in [4.78, 5) is 8.81. The molecule has 0 amide bonds. The third-order valence-corrected chi connectivity index (χ3v) is 5.43. The quantitative estimate of drug-likeness (QED) is 0.522. The van der Waals surface area contributed by atoms with Crippen LogP contribution in [0.15, 0.2) is 73.3 Å². The molecule has 0 atom stereocenters. The van der Waals surface area contributed by atoms with Crippen molar-refractivity contribution in [1.29, 1.82) is 0 Å². The van der Waals surface area contributed by atoms with Crippen molar-refractivity contribution in [2.75, 3.05) is 7.11 Å². The normalized spacial score (nSPS) is 12.3. The lowest BCUT2D eigenvalue weighted by Gasteiger charge is -2.16. The number of aryl methyl sites for hydroxylation is 1. The standard InChI is InChI=1S/C24H21N3O/c1-28-20-10-7-17(8-11-20)14-27-15-22-21(24(27)18-5-3-2-4-6-18)12-9-19-13-25-16-26-23(19)22/h2-8,10-11,13,15-16H,9,12,14H2,1H3. The van der Waals surface area contributed by atoms with Crippen LogP contribution in [-0.2, 0) is 19.4 Å². The van der Waals surface area contributed by atoms with Gasteiger partial charge in [-0.3, -0.25) is 0 Å². The van der Waals surface area contributed by atoms with Crippen LogP contribution in [-0.4, -0.2) is 21.6 Å². The highest BCUT2D eigenvalue weighted by atomic mass is 16.5. The van der Waals surface area contributed by atoms with Gasteiger partial charge >= 0.3 is 0 Å². The average molecular weight is 367 g/mol. The van der Waals surface area contributed by atoms with E-state index in [4.69, 9.17) is 4.74 Å². The summed E-state index contributed by atoms with van der Waals surface area (Å²) in [5.41, 5.74) is 8.69. The first-order valence-corrected chi connectivity index (χ1v) is 9.53. The fraction of sp³-hybridized carbons (Fsp3) is 0.167. The predicted octanol–water partition coefficient (Wildman–Crippen LogP) is 4.77. The minimum absolute atomic E-state index is 0.807. The number of fused-ring (bicyclic) bond motifs is 3. The van der Waals surface area contributed by atoms with Gasteiger partial charge in [-0.25, -0.2) is 9.97 Å². The van der Waals surface area contributed by atoms with Crippen LogP contribution >= 0.6 is 0 Å².